The van der Waals surface area contributed by atoms with Gasteiger partial charge in [0.15, 0.2) is 0 Å². The van der Waals surface area contributed by atoms with Crippen LogP contribution in [-0.4, -0.2) is 11.6 Å². The lowest BCUT2D eigenvalue weighted by Crippen LogP contribution is -2.34. The third-order valence-corrected chi connectivity index (χ3v) is 1.77. The average molecular weight is 126 g/mol. The molecule has 0 aromatic carbocycles. The molecule has 2 aliphatic heterocycles. The van der Waals surface area contributed by atoms with Crippen molar-refractivity contribution in [2.75, 3.05) is 6.54 Å². The minimum Gasteiger partial charge on any atom is -0.395 e. The molecule has 0 atom stereocenters. The summed E-state index contributed by atoms with van der Waals surface area (Å²) < 4.78 is 0. The van der Waals surface area contributed by atoms with Crippen LogP contribution in [0, 0.1) is 0 Å². The van der Waals surface area contributed by atoms with Gasteiger partial charge in [-0.05, 0) is 19.3 Å². The zero-order valence-corrected chi connectivity index (χ0v) is 5.26. The summed E-state index contributed by atoms with van der Waals surface area (Å²) in [5.41, 5.74) is 4.09. The molecule has 0 amide bonds. The van der Waals surface area contributed by atoms with Crippen molar-refractivity contribution in [1.29, 1.82) is 0 Å². The van der Waals surface area contributed by atoms with Crippen LogP contribution in [0.5, 0.6) is 0 Å². The van der Waals surface area contributed by atoms with E-state index in [0.29, 0.717) is 0 Å². The molecule has 0 aromatic rings. The largest absolute Gasteiger partial charge is 0.395 e. The van der Waals surface area contributed by atoms with Crippen LogP contribution in [0.3, 0.4) is 0 Å². The van der Waals surface area contributed by atoms with Crippen molar-refractivity contribution < 1.29 is 4.84 Å². The summed E-state index contributed by atoms with van der Waals surface area (Å²) in [6.07, 6.45) is 5.52. The molecule has 2 heterocycles. The van der Waals surface area contributed by atoms with Crippen molar-refractivity contribution in [3.63, 3.8) is 0 Å². The minimum absolute atomic E-state index is 1.09. The normalized spacial score (nSPS) is 24.9. The molecule has 1 fully saturated rings. The van der Waals surface area contributed by atoms with E-state index < -0.39 is 0 Å². The Bertz CT molecular complexity index is 144. The van der Waals surface area contributed by atoms with Crippen LogP contribution in [0.25, 0.3) is 0 Å². The fourth-order valence-corrected chi connectivity index (χ4v) is 1.24. The lowest BCUT2D eigenvalue weighted by atomic mass is 10.1. The third-order valence-electron chi connectivity index (χ3n) is 1.77. The molecule has 0 radical (unpaired) electrons. The Morgan fingerprint density at radius 2 is 2.56 bits per heavy atom. The van der Waals surface area contributed by atoms with Gasteiger partial charge in [0.25, 0.3) is 0 Å². The monoisotopic (exact) mass is 126 g/mol. The molecule has 9 heavy (non-hydrogen) atoms. The quantitative estimate of drug-likeness (QED) is 0.518. The maximum absolute atomic E-state index is 4.91. The summed E-state index contributed by atoms with van der Waals surface area (Å²) in [4.78, 5) is 4.91. The number of rotatable bonds is 0. The molecular weight excluding hydrogens is 116 g/mol. The first-order valence-electron chi connectivity index (χ1n) is 3.35. The highest BCUT2D eigenvalue weighted by Gasteiger charge is 2.18. The maximum atomic E-state index is 4.91. The van der Waals surface area contributed by atoms with Crippen LogP contribution < -0.4 is 5.59 Å². The van der Waals surface area contributed by atoms with Crippen LogP contribution in [0.2, 0.25) is 0 Å². The third kappa shape index (κ3) is 0.772. The van der Waals surface area contributed by atoms with Gasteiger partial charge in [-0.1, -0.05) is 5.59 Å². The molecule has 0 saturated carbocycles. The number of hydrogen-bond donors (Lipinski definition) is 1. The van der Waals surface area contributed by atoms with Gasteiger partial charge in [0.2, 0.25) is 0 Å². The van der Waals surface area contributed by atoms with E-state index in [1.807, 2.05) is 0 Å². The molecule has 0 unspecified atom stereocenters. The summed E-state index contributed by atoms with van der Waals surface area (Å²) in [6.45, 7) is 1.09. The Morgan fingerprint density at radius 1 is 1.56 bits per heavy atom. The van der Waals surface area contributed by atoms with Gasteiger partial charge in [-0.15, -0.1) is 0 Å². The number of nitrogens with zero attached hydrogens (tertiary/aromatic N) is 1. The molecule has 3 heteroatoms. The standard InChI is InChI=1S/C6H10N2O/c1-2-4-8-6(3-1)5-9-7-8/h5,7H,1-4H2. The van der Waals surface area contributed by atoms with Crippen molar-refractivity contribution in [1.82, 2.24) is 10.6 Å². The molecule has 50 valence electrons. The second kappa shape index (κ2) is 1.92. The minimum atomic E-state index is 1.09. The van der Waals surface area contributed by atoms with Crippen LogP contribution in [0.15, 0.2) is 12.0 Å². The van der Waals surface area contributed by atoms with E-state index >= 15 is 0 Å². The predicted octanol–water partition coefficient (Wildman–Crippen LogP) is 0.764. The molecule has 1 saturated heterocycles. The molecule has 1 N–H and O–H groups in total. The number of hydrogen-bond acceptors (Lipinski definition) is 3. The number of allylic oxidation sites excluding steroid dienone is 1. The predicted molar refractivity (Wildman–Crippen MR) is 32.9 cm³/mol. The van der Waals surface area contributed by atoms with Gasteiger partial charge < -0.3 is 4.84 Å². The van der Waals surface area contributed by atoms with E-state index in [9.17, 15) is 0 Å². The Morgan fingerprint density at radius 3 is 3.44 bits per heavy atom. The van der Waals surface area contributed by atoms with E-state index in [4.69, 9.17) is 4.84 Å². The van der Waals surface area contributed by atoms with Gasteiger partial charge in [-0.3, -0.25) is 5.01 Å². The van der Waals surface area contributed by atoms with E-state index in [-0.39, 0.29) is 0 Å². The van der Waals surface area contributed by atoms with Gasteiger partial charge in [-0.2, -0.15) is 0 Å². The molecule has 3 nitrogen and oxygen atoms in total. The molecule has 0 aliphatic carbocycles. The second-order valence-electron chi connectivity index (χ2n) is 2.43. The molecule has 0 aromatic heterocycles. The highest BCUT2D eigenvalue weighted by Crippen LogP contribution is 2.20. The Labute approximate surface area is 54.2 Å². The average Bonchev–Trinajstić information content (AvgIpc) is 2.33. The molecule has 0 spiro atoms. The SMILES string of the molecule is C1=C2CCCCN2NO1. The fraction of sp³-hybridized carbons (Fsp3) is 0.667. The zero-order valence-electron chi connectivity index (χ0n) is 5.26. The van der Waals surface area contributed by atoms with Gasteiger partial charge >= 0.3 is 0 Å². The van der Waals surface area contributed by atoms with E-state index in [1.165, 1.54) is 18.5 Å². The summed E-state index contributed by atoms with van der Waals surface area (Å²) >= 11 is 0. The summed E-state index contributed by atoms with van der Waals surface area (Å²) in [6, 6.07) is 0. The lowest BCUT2D eigenvalue weighted by molar-refractivity contribution is 0.0245. The molecule has 2 aliphatic rings. The first-order chi connectivity index (χ1) is 4.47. The zero-order chi connectivity index (χ0) is 6.10. The van der Waals surface area contributed by atoms with E-state index in [1.54, 1.807) is 6.26 Å². The van der Waals surface area contributed by atoms with Crippen LogP contribution in [-0.2, 0) is 4.84 Å². The first kappa shape index (κ1) is 5.11. The van der Waals surface area contributed by atoms with Crippen molar-refractivity contribution >= 4 is 0 Å². The lowest BCUT2D eigenvalue weighted by Gasteiger charge is -2.23. The summed E-state index contributed by atoms with van der Waals surface area (Å²) in [5.74, 6) is 0. The van der Waals surface area contributed by atoms with Gasteiger partial charge in [0, 0.05) is 6.54 Å². The van der Waals surface area contributed by atoms with Crippen molar-refractivity contribution in [2.24, 2.45) is 0 Å². The van der Waals surface area contributed by atoms with Crippen LogP contribution >= 0.6 is 0 Å². The number of piperidine rings is 1. The maximum Gasteiger partial charge on any atom is 0.134 e. The number of fused-ring (bicyclic) bond motifs is 1. The number of nitrogens with one attached hydrogen (secondary N) is 1. The van der Waals surface area contributed by atoms with Crippen LogP contribution in [0.4, 0.5) is 0 Å². The Kier molecular flexibility index (Phi) is 1.09. The molecule has 2 rings (SSSR count). The Balaban J connectivity index is 2.09. The van der Waals surface area contributed by atoms with Crippen molar-refractivity contribution in [3.8, 4) is 0 Å². The van der Waals surface area contributed by atoms with E-state index in [2.05, 4.69) is 10.6 Å². The summed E-state index contributed by atoms with van der Waals surface area (Å²) in [5, 5.41) is 2.06. The smallest absolute Gasteiger partial charge is 0.134 e. The highest BCUT2D eigenvalue weighted by molar-refractivity contribution is 5.00. The second-order valence-corrected chi connectivity index (χ2v) is 2.43. The molecular formula is C6H10N2O. The Hall–Kier alpha value is -0.700. The highest BCUT2D eigenvalue weighted by atomic mass is 16.7. The van der Waals surface area contributed by atoms with Gasteiger partial charge in [0.1, 0.15) is 6.26 Å². The van der Waals surface area contributed by atoms with Gasteiger partial charge in [-0.25, -0.2) is 0 Å². The number of hydrazine groups is 1. The summed E-state index contributed by atoms with van der Waals surface area (Å²) in [7, 11) is 0. The first-order valence-corrected chi connectivity index (χ1v) is 3.35. The van der Waals surface area contributed by atoms with Crippen LogP contribution in [0.1, 0.15) is 19.3 Å². The van der Waals surface area contributed by atoms with E-state index in [0.717, 1.165) is 13.0 Å². The van der Waals surface area contributed by atoms with Crippen molar-refractivity contribution in [3.05, 3.63) is 12.0 Å². The molecule has 0 bridgehead atoms. The van der Waals surface area contributed by atoms with Crippen molar-refractivity contribution in [2.45, 2.75) is 19.3 Å². The van der Waals surface area contributed by atoms with Gasteiger partial charge in [0.05, 0.1) is 5.70 Å². The topological polar surface area (TPSA) is 24.5 Å². The fourth-order valence-electron chi connectivity index (χ4n) is 1.24.